The molecule has 0 atom stereocenters. The SMILES string of the molecule is N#C/C(=C/Nc1ccc(O)cc1)C(=O)NC1CCCCC1. The monoisotopic (exact) mass is 285 g/mol. The number of carbonyl (C=O) groups excluding carboxylic acids is 1. The molecule has 0 spiro atoms. The highest BCUT2D eigenvalue weighted by molar-refractivity contribution is 5.97. The molecule has 3 N–H and O–H groups in total. The van der Waals surface area contributed by atoms with Gasteiger partial charge >= 0.3 is 0 Å². The lowest BCUT2D eigenvalue weighted by Crippen LogP contribution is -2.37. The normalized spacial score (nSPS) is 16.0. The van der Waals surface area contributed by atoms with Gasteiger partial charge in [0.25, 0.3) is 5.91 Å². The first-order valence-electron chi connectivity index (χ1n) is 7.16. The van der Waals surface area contributed by atoms with Crippen molar-refractivity contribution in [3.63, 3.8) is 0 Å². The summed E-state index contributed by atoms with van der Waals surface area (Å²) in [4.78, 5) is 12.0. The highest BCUT2D eigenvalue weighted by atomic mass is 16.3. The molecule has 0 unspecified atom stereocenters. The van der Waals surface area contributed by atoms with E-state index in [1.165, 1.54) is 24.8 Å². The van der Waals surface area contributed by atoms with E-state index in [4.69, 9.17) is 5.26 Å². The van der Waals surface area contributed by atoms with E-state index in [2.05, 4.69) is 10.6 Å². The molecule has 5 heteroatoms. The largest absolute Gasteiger partial charge is 0.508 e. The Morgan fingerprint density at radius 3 is 2.52 bits per heavy atom. The zero-order valence-corrected chi connectivity index (χ0v) is 11.8. The maximum Gasteiger partial charge on any atom is 0.263 e. The summed E-state index contributed by atoms with van der Waals surface area (Å²) in [7, 11) is 0. The van der Waals surface area contributed by atoms with E-state index in [1.807, 2.05) is 6.07 Å². The molecule has 1 saturated carbocycles. The Morgan fingerprint density at radius 2 is 1.90 bits per heavy atom. The summed E-state index contributed by atoms with van der Waals surface area (Å²) in [5, 5.41) is 24.1. The van der Waals surface area contributed by atoms with Gasteiger partial charge < -0.3 is 15.7 Å². The third kappa shape index (κ3) is 4.53. The molecule has 2 rings (SSSR count). The number of phenols is 1. The second-order valence-electron chi connectivity index (χ2n) is 5.17. The standard InChI is InChI=1S/C16H19N3O2/c17-10-12(11-18-13-6-8-15(20)9-7-13)16(21)19-14-4-2-1-3-5-14/h6-9,11,14,18,20H,1-5H2,(H,19,21)/b12-11-. The minimum atomic E-state index is -0.337. The summed E-state index contributed by atoms with van der Waals surface area (Å²) >= 11 is 0. The molecule has 1 fully saturated rings. The molecule has 1 aromatic carbocycles. The van der Waals surface area contributed by atoms with Crippen molar-refractivity contribution in [3.05, 3.63) is 36.0 Å². The van der Waals surface area contributed by atoms with E-state index in [1.54, 1.807) is 12.1 Å². The van der Waals surface area contributed by atoms with Gasteiger partial charge in [0.05, 0.1) is 0 Å². The van der Waals surface area contributed by atoms with E-state index >= 15 is 0 Å². The van der Waals surface area contributed by atoms with Crippen LogP contribution in [0.25, 0.3) is 0 Å². The highest BCUT2D eigenvalue weighted by Gasteiger charge is 2.17. The summed E-state index contributed by atoms with van der Waals surface area (Å²) in [6.07, 6.45) is 6.83. The van der Waals surface area contributed by atoms with Crippen molar-refractivity contribution in [3.8, 4) is 11.8 Å². The number of nitriles is 1. The fourth-order valence-corrected chi connectivity index (χ4v) is 2.37. The van der Waals surface area contributed by atoms with Gasteiger partial charge in [-0.3, -0.25) is 4.79 Å². The van der Waals surface area contributed by atoms with Crippen molar-refractivity contribution in [2.45, 2.75) is 38.1 Å². The van der Waals surface area contributed by atoms with Gasteiger partial charge in [0.2, 0.25) is 0 Å². The van der Waals surface area contributed by atoms with Gasteiger partial charge in [-0.2, -0.15) is 5.26 Å². The molecule has 0 heterocycles. The van der Waals surface area contributed by atoms with Crippen molar-refractivity contribution in [1.82, 2.24) is 5.32 Å². The molecule has 5 nitrogen and oxygen atoms in total. The molecule has 0 aliphatic heterocycles. The Hall–Kier alpha value is -2.48. The van der Waals surface area contributed by atoms with Crippen LogP contribution in [-0.4, -0.2) is 17.1 Å². The second kappa shape index (κ2) is 7.34. The number of amides is 1. The van der Waals surface area contributed by atoms with Crippen molar-refractivity contribution in [2.24, 2.45) is 0 Å². The Morgan fingerprint density at radius 1 is 1.24 bits per heavy atom. The van der Waals surface area contributed by atoms with E-state index in [0.717, 1.165) is 25.7 Å². The third-order valence-electron chi connectivity index (χ3n) is 3.56. The number of aromatic hydroxyl groups is 1. The number of carbonyl (C=O) groups is 1. The van der Waals surface area contributed by atoms with Gasteiger partial charge in [-0.25, -0.2) is 0 Å². The Kier molecular flexibility index (Phi) is 5.22. The first kappa shape index (κ1) is 14.9. The van der Waals surface area contributed by atoms with Crippen LogP contribution in [-0.2, 0) is 4.79 Å². The Bertz CT molecular complexity index is 552. The van der Waals surface area contributed by atoms with Gasteiger partial charge in [0, 0.05) is 17.9 Å². The molecular formula is C16H19N3O2. The predicted octanol–water partition coefficient (Wildman–Crippen LogP) is 2.66. The minimum absolute atomic E-state index is 0.0497. The first-order chi connectivity index (χ1) is 10.2. The number of rotatable bonds is 4. The van der Waals surface area contributed by atoms with Crippen LogP contribution in [0.5, 0.6) is 5.75 Å². The minimum Gasteiger partial charge on any atom is -0.508 e. The number of hydrogen-bond donors (Lipinski definition) is 3. The smallest absolute Gasteiger partial charge is 0.263 e. The van der Waals surface area contributed by atoms with E-state index in [9.17, 15) is 9.90 Å². The van der Waals surface area contributed by atoms with Gasteiger partial charge in [0.1, 0.15) is 17.4 Å². The molecule has 0 saturated heterocycles. The molecule has 1 aliphatic carbocycles. The maximum absolute atomic E-state index is 12.0. The molecule has 0 bridgehead atoms. The second-order valence-corrected chi connectivity index (χ2v) is 5.17. The Balaban J connectivity index is 1.94. The maximum atomic E-state index is 12.0. The lowest BCUT2D eigenvalue weighted by molar-refractivity contribution is -0.118. The van der Waals surface area contributed by atoms with Crippen LogP contribution in [0.2, 0.25) is 0 Å². The zero-order chi connectivity index (χ0) is 15.1. The summed E-state index contributed by atoms with van der Waals surface area (Å²) in [6, 6.07) is 8.48. The summed E-state index contributed by atoms with van der Waals surface area (Å²) in [5.74, 6) is -0.171. The lowest BCUT2D eigenvalue weighted by Gasteiger charge is -2.22. The lowest BCUT2D eigenvalue weighted by atomic mass is 9.95. The number of benzene rings is 1. The van der Waals surface area contributed by atoms with Gasteiger partial charge in [-0.05, 0) is 37.1 Å². The molecule has 1 aliphatic rings. The number of phenolic OH excluding ortho intramolecular Hbond substituents is 1. The molecule has 0 radical (unpaired) electrons. The summed E-state index contributed by atoms with van der Waals surface area (Å²) < 4.78 is 0. The fraction of sp³-hybridized carbons (Fsp3) is 0.375. The molecule has 21 heavy (non-hydrogen) atoms. The Labute approximate surface area is 124 Å². The molecule has 110 valence electrons. The molecule has 0 aromatic heterocycles. The summed E-state index contributed by atoms with van der Waals surface area (Å²) in [6.45, 7) is 0. The van der Waals surface area contributed by atoms with Crippen molar-refractivity contribution in [1.29, 1.82) is 5.26 Å². The van der Waals surface area contributed by atoms with Crippen LogP contribution in [0.15, 0.2) is 36.0 Å². The van der Waals surface area contributed by atoms with E-state index in [0.29, 0.717) is 5.69 Å². The summed E-state index contributed by atoms with van der Waals surface area (Å²) in [5.41, 5.74) is 0.750. The van der Waals surface area contributed by atoms with Gasteiger partial charge in [-0.15, -0.1) is 0 Å². The quantitative estimate of drug-likeness (QED) is 0.451. The van der Waals surface area contributed by atoms with Gasteiger partial charge in [0.15, 0.2) is 0 Å². The van der Waals surface area contributed by atoms with Crippen LogP contribution in [0.4, 0.5) is 5.69 Å². The van der Waals surface area contributed by atoms with Crippen LogP contribution in [0.3, 0.4) is 0 Å². The fourth-order valence-electron chi connectivity index (χ4n) is 2.37. The topological polar surface area (TPSA) is 85.2 Å². The van der Waals surface area contributed by atoms with Crippen LogP contribution >= 0.6 is 0 Å². The van der Waals surface area contributed by atoms with Crippen LogP contribution in [0.1, 0.15) is 32.1 Å². The first-order valence-corrected chi connectivity index (χ1v) is 7.16. The predicted molar refractivity (Wildman–Crippen MR) is 80.4 cm³/mol. The zero-order valence-electron chi connectivity index (χ0n) is 11.8. The van der Waals surface area contributed by atoms with Gasteiger partial charge in [-0.1, -0.05) is 19.3 Å². The molecular weight excluding hydrogens is 266 g/mol. The molecule has 1 aromatic rings. The van der Waals surface area contributed by atoms with Crippen LogP contribution in [0, 0.1) is 11.3 Å². The number of nitrogens with one attached hydrogen (secondary N) is 2. The van der Waals surface area contributed by atoms with Crippen LogP contribution < -0.4 is 10.6 Å². The van der Waals surface area contributed by atoms with Crippen molar-refractivity contribution < 1.29 is 9.90 Å². The number of hydrogen-bond acceptors (Lipinski definition) is 4. The van der Waals surface area contributed by atoms with Crippen molar-refractivity contribution >= 4 is 11.6 Å². The highest BCUT2D eigenvalue weighted by Crippen LogP contribution is 2.18. The molecule has 1 amide bonds. The van der Waals surface area contributed by atoms with E-state index in [-0.39, 0.29) is 23.3 Å². The van der Waals surface area contributed by atoms with Crippen molar-refractivity contribution in [2.75, 3.05) is 5.32 Å². The van der Waals surface area contributed by atoms with E-state index < -0.39 is 0 Å². The number of anilines is 1. The number of nitrogens with zero attached hydrogens (tertiary/aromatic N) is 1. The average molecular weight is 285 g/mol. The third-order valence-corrected chi connectivity index (χ3v) is 3.56. The average Bonchev–Trinajstić information content (AvgIpc) is 2.51.